The van der Waals surface area contributed by atoms with Crippen molar-refractivity contribution in [2.45, 2.75) is 41.0 Å². The lowest BCUT2D eigenvalue weighted by molar-refractivity contribution is 0.675. The first-order valence-corrected chi connectivity index (χ1v) is 6.31. The summed E-state index contributed by atoms with van der Waals surface area (Å²) in [4.78, 5) is 0. The second kappa shape index (κ2) is 5.86. The Morgan fingerprint density at radius 2 is 1.76 bits per heavy atom. The highest BCUT2D eigenvalue weighted by Crippen LogP contribution is 2.28. The van der Waals surface area contributed by atoms with Crippen LogP contribution in [0.15, 0.2) is 42.0 Å². The van der Waals surface area contributed by atoms with Crippen LogP contribution in [0, 0.1) is 12.8 Å². The van der Waals surface area contributed by atoms with Crippen molar-refractivity contribution >= 4 is 5.57 Å². The smallest absolute Gasteiger partial charge is 0.0191 e. The molecule has 0 spiro atoms. The van der Waals surface area contributed by atoms with Gasteiger partial charge in [-0.3, -0.25) is 0 Å². The van der Waals surface area contributed by atoms with E-state index in [4.69, 9.17) is 0 Å². The van der Waals surface area contributed by atoms with Gasteiger partial charge in [0, 0.05) is 0 Å². The van der Waals surface area contributed by atoms with Crippen molar-refractivity contribution in [3.05, 3.63) is 53.1 Å². The predicted octanol–water partition coefficient (Wildman–Crippen LogP) is 5.39. The van der Waals surface area contributed by atoms with Crippen LogP contribution < -0.4 is 0 Å². The molecule has 0 aliphatic heterocycles. The lowest BCUT2D eigenvalue weighted by Crippen LogP contribution is -2.00. The third-order valence-corrected chi connectivity index (χ3v) is 3.53. The molecular weight excluding hydrogens is 204 g/mol. The minimum atomic E-state index is 0.576. The Bertz CT molecular complexity index is 435. The summed E-state index contributed by atoms with van der Waals surface area (Å²) in [5.74, 6) is 0.576. The van der Waals surface area contributed by atoms with E-state index in [0.29, 0.717) is 5.92 Å². The van der Waals surface area contributed by atoms with Crippen molar-refractivity contribution < 1.29 is 0 Å². The molecule has 0 saturated heterocycles. The number of benzene rings is 1. The molecule has 0 saturated carbocycles. The molecule has 0 fully saturated rings. The fourth-order valence-electron chi connectivity index (χ4n) is 2.25. The van der Waals surface area contributed by atoms with Gasteiger partial charge in [-0.2, -0.15) is 0 Å². The number of aryl methyl sites for hydroxylation is 1. The molecule has 0 heterocycles. The van der Waals surface area contributed by atoms with Gasteiger partial charge in [0.2, 0.25) is 0 Å². The zero-order chi connectivity index (χ0) is 13.0. The second-order valence-electron chi connectivity index (χ2n) is 5.19. The van der Waals surface area contributed by atoms with Crippen LogP contribution in [0.4, 0.5) is 0 Å². The number of hydrogen-bond acceptors (Lipinski definition) is 0. The van der Waals surface area contributed by atoms with Crippen molar-refractivity contribution in [1.82, 2.24) is 0 Å². The van der Waals surface area contributed by atoms with Crippen LogP contribution in [0.3, 0.4) is 0 Å². The molecule has 1 rings (SSSR count). The van der Waals surface area contributed by atoms with E-state index in [9.17, 15) is 0 Å². The fourth-order valence-corrected chi connectivity index (χ4v) is 2.25. The van der Waals surface area contributed by atoms with Gasteiger partial charge >= 0.3 is 0 Å². The quantitative estimate of drug-likeness (QED) is 0.606. The average Bonchev–Trinajstić information content (AvgIpc) is 2.27. The van der Waals surface area contributed by atoms with E-state index in [2.05, 4.69) is 65.5 Å². The molecule has 0 aliphatic carbocycles. The Kier molecular flexibility index (Phi) is 4.74. The first kappa shape index (κ1) is 13.8. The molecule has 0 heteroatoms. The minimum absolute atomic E-state index is 0.576. The summed E-state index contributed by atoms with van der Waals surface area (Å²) < 4.78 is 0. The molecule has 0 aliphatic rings. The van der Waals surface area contributed by atoms with Crippen molar-refractivity contribution in [1.29, 1.82) is 0 Å². The van der Waals surface area contributed by atoms with E-state index in [-0.39, 0.29) is 0 Å². The molecule has 0 amide bonds. The monoisotopic (exact) mass is 228 g/mol. The molecular formula is C17H24. The van der Waals surface area contributed by atoms with Gasteiger partial charge in [-0.05, 0) is 56.7 Å². The highest BCUT2D eigenvalue weighted by Gasteiger charge is 2.10. The first-order chi connectivity index (χ1) is 7.93. The van der Waals surface area contributed by atoms with Gasteiger partial charge in [0.1, 0.15) is 0 Å². The zero-order valence-corrected chi connectivity index (χ0v) is 11.8. The van der Waals surface area contributed by atoms with E-state index in [1.165, 1.54) is 27.8 Å². The van der Waals surface area contributed by atoms with E-state index in [1.54, 1.807) is 0 Å². The molecule has 1 aromatic carbocycles. The molecule has 1 unspecified atom stereocenters. The summed E-state index contributed by atoms with van der Waals surface area (Å²) in [6.45, 7) is 15.0. The molecule has 0 radical (unpaired) electrons. The maximum atomic E-state index is 4.00. The Labute approximate surface area is 106 Å². The highest BCUT2D eigenvalue weighted by molar-refractivity contribution is 5.69. The largest absolute Gasteiger partial charge is 0.100 e. The number of rotatable bonds is 4. The van der Waals surface area contributed by atoms with Gasteiger partial charge in [-0.15, -0.1) is 6.58 Å². The average molecular weight is 228 g/mol. The third kappa shape index (κ3) is 3.59. The van der Waals surface area contributed by atoms with Crippen LogP contribution >= 0.6 is 0 Å². The fraction of sp³-hybridized carbons (Fsp3) is 0.412. The molecule has 0 N–H and O–H groups in total. The maximum Gasteiger partial charge on any atom is -0.0191 e. The lowest BCUT2D eigenvalue weighted by Gasteiger charge is -2.17. The van der Waals surface area contributed by atoms with Crippen molar-refractivity contribution in [3.8, 4) is 0 Å². The van der Waals surface area contributed by atoms with Gasteiger partial charge < -0.3 is 0 Å². The zero-order valence-electron chi connectivity index (χ0n) is 11.8. The number of allylic oxidation sites excluding steroid dienone is 3. The summed E-state index contributed by atoms with van der Waals surface area (Å²) in [6.07, 6.45) is 1.08. The van der Waals surface area contributed by atoms with Crippen LogP contribution in [0.1, 0.15) is 45.2 Å². The van der Waals surface area contributed by atoms with Gasteiger partial charge in [-0.25, -0.2) is 0 Å². The third-order valence-electron chi connectivity index (χ3n) is 3.53. The summed E-state index contributed by atoms with van der Waals surface area (Å²) in [6, 6.07) is 8.60. The van der Waals surface area contributed by atoms with Crippen LogP contribution in [-0.4, -0.2) is 0 Å². The summed E-state index contributed by atoms with van der Waals surface area (Å²) in [5.41, 5.74) is 6.87. The Balaban J connectivity index is 3.05. The minimum Gasteiger partial charge on any atom is -0.100 e. The summed E-state index contributed by atoms with van der Waals surface area (Å²) >= 11 is 0. The van der Waals surface area contributed by atoms with Gasteiger partial charge in [0.15, 0.2) is 0 Å². The highest BCUT2D eigenvalue weighted by atomic mass is 14.1. The van der Waals surface area contributed by atoms with Crippen LogP contribution in [0.5, 0.6) is 0 Å². The van der Waals surface area contributed by atoms with Crippen molar-refractivity contribution in [2.24, 2.45) is 5.92 Å². The molecule has 0 nitrogen and oxygen atoms in total. The molecule has 1 atom stereocenters. The van der Waals surface area contributed by atoms with Crippen molar-refractivity contribution in [2.75, 3.05) is 0 Å². The lowest BCUT2D eigenvalue weighted by atomic mass is 9.88. The topological polar surface area (TPSA) is 0 Å². The Morgan fingerprint density at radius 1 is 1.18 bits per heavy atom. The van der Waals surface area contributed by atoms with Gasteiger partial charge in [0.25, 0.3) is 0 Å². The van der Waals surface area contributed by atoms with Gasteiger partial charge in [0.05, 0.1) is 0 Å². The predicted molar refractivity (Wildman–Crippen MR) is 78.0 cm³/mol. The van der Waals surface area contributed by atoms with E-state index < -0.39 is 0 Å². The molecule has 17 heavy (non-hydrogen) atoms. The molecule has 0 bridgehead atoms. The normalized spacial score (nSPS) is 14.2. The van der Waals surface area contributed by atoms with Crippen molar-refractivity contribution in [3.63, 3.8) is 0 Å². The van der Waals surface area contributed by atoms with E-state index in [1.807, 2.05) is 0 Å². The van der Waals surface area contributed by atoms with E-state index in [0.717, 1.165) is 6.42 Å². The second-order valence-corrected chi connectivity index (χ2v) is 5.19. The van der Waals surface area contributed by atoms with Crippen LogP contribution in [0.25, 0.3) is 5.57 Å². The summed E-state index contributed by atoms with van der Waals surface area (Å²) in [7, 11) is 0. The summed E-state index contributed by atoms with van der Waals surface area (Å²) in [5, 5.41) is 0. The molecule has 92 valence electrons. The first-order valence-electron chi connectivity index (χ1n) is 6.31. The maximum absolute atomic E-state index is 4.00. The van der Waals surface area contributed by atoms with Crippen LogP contribution in [-0.2, 0) is 0 Å². The number of hydrogen-bond donors (Lipinski definition) is 0. The molecule has 0 aromatic heterocycles. The van der Waals surface area contributed by atoms with Gasteiger partial charge in [-0.1, -0.05) is 42.3 Å². The molecule has 1 aromatic rings. The Hall–Kier alpha value is -1.30. The SMILES string of the molecule is C=C(C)CC(C)/C(C)=C(\C)c1ccccc1C. The Morgan fingerprint density at radius 3 is 2.29 bits per heavy atom. The van der Waals surface area contributed by atoms with E-state index >= 15 is 0 Å². The van der Waals surface area contributed by atoms with Crippen LogP contribution in [0.2, 0.25) is 0 Å². The standard InChI is InChI=1S/C17H24/c1-12(2)11-14(4)15(5)16(6)17-10-8-7-9-13(17)3/h7-10,14H,1,11H2,2-6H3/b16-15+.